The number of amides is 2. The van der Waals surface area contributed by atoms with Crippen molar-refractivity contribution in [2.75, 3.05) is 26.3 Å². The molecule has 0 saturated carbocycles. The second-order valence-electron chi connectivity index (χ2n) is 13.0. The fourth-order valence-electron chi connectivity index (χ4n) is 6.70. The minimum Gasteiger partial charge on any atom is -0.484 e. The highest BCUT2D eigenvalue weighted by atomic mass is 32.1. The quantitative estimate of drug-likeness (QED) is 0.137. The number of nitrogens with zero attached hydrogens (tertiary/aromatic N) is 6. The molecule has 2 fully saturated rings. The van der Waals surface area contributed by atoms with Gasteiger partial charge in [-0.1, -0.05) is 36.4 Å². The lowest BCUT2D eigenvalue weighted by molar-refractivity contribution is -0.138. The molecule has 0 N–H and O–H groups in total. The van der Waals surface area contributed by atoms with Gasteiger partial charge >= 0.3 is 0 Å². The average molecular weight is 759 g/mol. The van der Waals surface area contributed by atoms with Gasteiger partial charge in [-0.3, -0.25) is 19.6 Å². The second-order valence-corrected chi connectivity index (χ2v) is 14.7. The molecule has 0 radical (unpaired) electrons. The zero-order valence-electron chi connectivity index (χ0n) is 29.9. The molecule has 2 atom stereocenters. The van der Waals surface area contributed by atoms with Crippen molar-refractivity contribution in [1.82, 2.24) is 29.7 Å². The molecular formula is C42H42N6O4S2. The summed E-state index contributed by atoms with van der Waals surface area (Å²) in [5, 5.41) is 6.07. The first-order valence-corrected chi connectivity index (χ1v) is 20.0. The fraction of sp³-hybridized carbons (Fsp3) is 0.286. The van der Waals surface area contributed by atoms with Crippen LogP contribution in [0.4, 0.5) is 0 Å². The Kier molecular flexibility index (Phi) is 12.7. The number of pyridine rings is 2. The summed E-state index contributed by atoms with van der Waals surface area (Å²) in [5.41, 5.74) is 4.06. The van der Waals surface area contributed by atoms with E-state index in [4.69, 9.17) is 19.4 Å². The number of piperidine rings is 2. The summed E-state index contributed by atoms with van der Waals surface area (Å²) in [4.78, 5) is 47.2. The molecule has 0 bridgehead atoms. The number of para-hydroxylation sites is 2. The van der Waals surface area contributed by atoms with Crippen molar-refractivity contribution >= 4 is 34.5 Å². The normalized spacial score (nSPS) is 16.9. The highest BCUT2D eigenvalue weighted by Crippen LogP contribution is 2.35. The van der Waals surface area contributed by atoms with E-state index >= 15 is 0 Å². The van der Waals surface area contributed by atoms with Crippen LogP contribution in [0.3, 0.4) is 0 Å². The molecule has 2 amide bonds. The van der Waals surface area contributed by atoms with E-state index in [1.165, 1.54) is 0 Å². The first kappa shape index (κ1) is 36.9. The van der Waals surface area contributed by atoms with Gasteiger partial charge in [0.25, 0.3) is 11.8 Å². The maximum atomic E-state index is 12.8. The van der Waals surface area contributed by atoms with Gasteiger partial charge in [-0.25, -0.2) is 9.97 Å². The van der Waals surface area contributed by atoms with Gasteiger partial charge in [0.15, 0.2) is 13.2 Å². The van der Waals surface area contributed by atoms with Gasteiger partial charge in [0.2, 0.25) is 0 Å². The predicted octanol–water partition coefficient (Wildman–Crippen LogP) is 8.68. The van der Waals surface area contributed by atoms with Crippen LogP contribution in [0.1, 0.15) is 62.0 Å². The third kappa shape index (κ3) is 9.55. The number of carbonyl (C=O) groups is 2. The molecule has 2 aromatic carbocycles. The molecule has 6 heterocycles. The van der Waals surface area contributed by atoms with Gasteiger partial charge < -0.3 is 19.3 Å². The predicted molar refractivity (Wildman–Crippen MR) is 211 cm³/mol. The van der Waals surface area contributed by atoms with Crippen molar-refractivity contribution in [1.29, 1.82) is 0 Å². The molecule has 276 valence electrons. The molecule has 0 aliphatic carbocycles. The molecule has 2 saturated heterocycles. The number of rotatable bonds is 10. The molecule has 0 spiro atoms. The summed E-state index contributed by atoms with van der Waals surface area (Å²) >= 11 is 3.22. The Morgan fingerprint density at radius 3 is 1.39 bits per heavy atom. The molecule has 54 heavy (non-hydrogen) atoms. The van der Waals surface area contributed by atoms with Gasteiger partial charge in [0.05, 0.1) is 23.5 Å². The number of ether oxygens (including phenoxy) is 2. The summed E-state index contributed by atoms with van der Waals surface area (Å²) in [7, 11) is 0. The van der Waals surface area contributed by atoms with Crippen LogP contribution in [-0.2, 0) is 9.59 Å². The van der Waals surface area contributed by atoms with Crippen molar-refractivity contribution in [2.45, 2.75) is 50.6 Å². The first-order valence-electron chi connectivity index (χ1n) is 18.3. The number of likely N-dealkylation sites (tertiary alicyclic amines) is 2. The summed E-state index contributed by atoms with van der Waals surface area (Å²) in [6.45, 7) is 1.62. The highest BCUT2D eigenvalue weighted by Gasteiger charge is 2.31. The number of benzene rings is 2. The Hall–Kier alpha value is -5.46. The Morgan fingerprint density at radius 2 is 0.981 bits per heavy atom. The first-order chi connectivity index (χ1) is 26.6. The van der Waals surface area contributed by atoms with Crippen molar-refractivity contribution in [2.24, 2.45) is 0 Å². The number of aromatic nitrogens is 4. The Balaban J connectivity index is 0.000000167. The second kappa shape index (κ2) is 18.5. The summed E-state index contributed by atoms with van der Waals surface area (Å²) in [5.74, 6) is 1.46. The molecular weight excluding hydrogens is 717 g/mol. The molecule has 2 aliphatic rings. The van der Waals surface area contributed by atoms with E-state index in [9.17, 15) is 9.59 Å². The maximum Gasteiger partial charge on any atom is 0.261 e. The summed E-state index contributed by atoms with van der Waals surface area (Å²) in [6, 6.07) is 26.8. The Bertz CT molecular complexity index is 1910. The van der Waals surface area contributed by atoms with Gasteiger partial charge in [0, 0.05) is 59.8 Å². The van der Waals surface area contributed by atoms with E-state index in [1.54, 1.807) is 47.5 Å². The monoisotopic (exact) mass is 758 g/mol. The van der Waals surface area contributed by atoms with Crippen LogP contribution in [0.2, 0.25) is 0 Å². The lowest BCUT2D eigenvalue weighted by atomic mass is 10.00. The van der Waals surface area contributed by atoms with Crippen LogP contribution in [-0.4, -0.2) is 67.9 Å². The number of hydrogen-bond donors (Lipinski definition) is 0. The van der Waals surface area contributed by atoms with Gasteiger partial charge in [-0.15, -0.1) is 22.7 Å². The van der Waals surface area contributed by atoms with Crippen LogP contribution in [0.25, 0.3) is 21.1 Å². The average Bonchev–Trinajstić information content (AvgIpc) is 3.95. The zero-order valence-corrected chi connectivity index (χ0v) is 31.5. The topological polar surface area (TPSA) is 111 Å². The van der Waals surface area contributed by atoms with E-state index < -0.39 is 0 Å². The molecule has 4 aromatic heterocycles. The Labute approximate surface area is 323 Å². The van der Waals surface area contributed by atoms with Crippen LogP contribution in [0, 0.1) is 0 Å². The van der Waals surface area contributed by atoms with Gasteiger partial charge in [0.1, 0.15) is 21.5 Å². The minimum atomic E-state index is 0.0158. The number of thiazole rings is 2. The van der Waals surface area contributed by atoms with Crippen molar-refractivity contribution in [3.05, 3.63) is 132 Å². The van der Waals surface area contributed by atoms with E-state index in [2.05, 4.69) is 20.7 Å². The smallest absolute Gasteiger partial charge is 0.261 e. The molecule has 6 aromatic rings. The van der Waals surface area contributed by atoms with Crippen molar-refractivity contribution < 1.29 is 19.1 Å². The SMILES string of the molecule is O=C(COc1ccccc1)N1CCCC[C@@H]1c1csc(-c2ccncc2)n1.O=C(COc1ccccc1)N1CCCC[C@@H]1c1csc(-c2ccncc2)n1. The molecule has 12 heteroatoms. The largest absolute Gasteiger partial charge is 0.484 e. The standard InChI is InChI=1S/2C21H21N3O2S/c2*25-20(14-26-17-6-2-1-3-7-17)24-13-5-4-8-19(24)18-15-27-21(23-18)16-9-11-22-12-10-16/h2*1-3,6-7,9-12,15,19H,4-5,8,13-14H2/t2*19-/m11/s1. The molecule has 8 rings (SSSR count). The van der Waals surface area contributed by atoms with Gasteiger partial charge in [-0.05, 0) is 87.1 Å². The third-order valence-corrected chi connectivity index (χ3v) is 11.3. The van der Waals surface area contributed by atoms with Crippen LogP contribution in [0.15, 0.2) is 120 Å². The fourth-order valence-corrected chi connectivity index (χ4v) is 8.44. The summed E-state index contributed by atoms with van der Waals surface area (Å²) in [6.07, 6.45) is 13.2. The number of carbonyl (C=O) groups excluding carboxylic acids is 2. The lowest BCUT2D eigenvalue weighted by Gasteiger charge is -2.34. The van der Waals surface area contributed by atoms with E-state index in [1.807, 2.05) is 94.7 Å². The minimum absolute atomic E-state index is 0.0158. The van der Waals surface area contributed by atoms with E-state index in [-0.39, 0.29) is 37.1 Å². The molecule has 2 aliphatic heterocycles. The van der Waals surface area contributed by atoms with Crippen LogP contribution in [0.5, 0.6) is 11.5 Å². The lowest BCUT2D eigenvalue weighted by Crippen LogP contribution is -2.41. The van der Waals surface area contributed by atoms with Crippen LogP contribution < -0.4 is 9.47 Å². The third-order valence-electron chi connectivity index (χ3n) is 9.44. The van der Waals surface area contributed by atoms with E-state index in [0.29, 0.717) is 11.5 Å². The van der Waals surface area contributed by atoms with Crippen LogP contribution >= 0.6 is 22.7 Å². The maximum absolute atomic E-state index is 12.8. The molecule has 10 nitrogen and oxygen atoms in total. The zero-order chi connectivity index (χ0) is 37.0. The van der Waals surface area contributed by atoms with E-state index in [0.717, 1.165) is 84.1 Å². The van der Waals surface area contributed by atoms with Crippen molar-refractivity contribution in [3.63, 3.8) is 0 Å². The summed E-state index contributed by atoms with van der Waals surface area (Å²) < 4.78 is 11.3. The molecule has 0 unspecified atom stereocenters. The Morgan fingerprint density at radius 1 is 0.574 bits per heavy atom. The van der Waals surface area contributed by atoms with Crippen molar-refractivity contribution in [3.8, 4) is 32.6 Å². The number of hydrogen-bond acceptors (Lipinski definition) is 10. The van der Waals surface area contributed by atoms with Gasteiger partial charge in [-0.2, -0.15) is 0 Å². The highest BCUT2D eigenvalue weighted by molar-refractivity contribution is 7.13.